The van der Waals surface area contributed by atoms with Gasteiger partial charge in [-0.2, -0.15) is 0 Å². The van der Waals surface area contributed by atoms with E-state index in [2.05, 4.69) is 10.5 Å². The maximum atomic E-state index is 12.1. The molecule has 0 saturated heterocycles. The number of carbonyl (C=O) groups is 1. The van der Waals surface area contributed by atoms with Crippen molar-refractivity contribution in [3.8, 4) is 0 Å². The van der Waals surface area contributed by atoms with Crippen molar-refractivity contribution in [3.63, 3.8) is 0 Å². The van der Waals surface area contributed by atoms with Gasteiger partial charge >= 0.3 is 0 Å². The van der Waals surface area contributed by atoms with E-state index in [-0.39, 0.29) is 11.7 Å². The Morgan fingerprint density at radius 1 is 1.53 bits per heavy atom. The monoisotopic (exact) mass is 243 g/mol. The largest absolute Gasteiger partial charge is 0.409 e. The molecule has 4 N–H and O–H groups in total. The minimum atomic E-state index is -0.804. The number of oxime groups is 1. The lowest BCUT2D eigenvalue weighted by atomic mass is 9.84. The van der Waals surface area contributed by atoms with Gasteiger partial charge in [-0.05, 0) is 19.3 Å². The summed E-state index contributed by atoms with van der Waals surface area (Å²) in [6.07, 6.45) is 3.93. The number of nitrogens with two attached hydrogens (primary N) is 1. The summed E-state index contributed by atoms with van der Waals surface area (Å²) >= 11 is 0. The molecule has 17 heavy (non-hydrogen) atoms. The quantitative estimate of drug-likeness (QED) is 0.207. The predicted molar refractivity (Wildman–Crippen MR) is 63.8 cm³/mol. The topological polar surface area (TPSA) is 96.9 Å². The molecule has 0 unspecified atom stereocenters. The van der Waals surface area contributed by atoms with Crippen molar-refractivity contribution < 1.29 is 14.7 Å². The van der Waals surface area contributed by atoms with E-state index in [1.807, 2.05) is 0 Å². The van der Waals surface area contributed by atoms with Gasteiger partial charge in [-0.1, -0.05) is 18.0 Å². The number of nitrogens with zero attached hydrogens (tertiary/aromatic N) is 1. The molecule has 1 amide bonds. The highest BCUT2D eigenvalue weighted by Gasteiger charge is 2.45. The van der Waals surface area contributed by atoms with Crippen LogP contribution in [0.25, 0.3) is 0 Å². The average Bonchev–Trinajstić information content (AvgIpc) is 2.84. The van der Waals surface area contributed by atoms with Crippen LogP contribution in [0.15, 0.2) is 5.16 Å². The van der Waals surface area contributed by atoms with E-state index in [0.29, 0.717) is 26.0 Å². The van der Waals surface area contributed by atoms with Gasteiger partial charge in [-0.15, -0.1) is 0 Å². The molecule has 0 bridgehead atoms. The van der Waals surface area contributed by atoms with Gasteiger partial charge < -0.3 is 21.0 Å². The fourth-order valence-corrected chi connectivity index (χ4v) is 2.26. The summed E-state index contributed by atoms with van der Waals surface area (Å²) in [4.78, 5) is 12.1. The third-order valence-electron chi connectivity index (χ3n) is 3.30. The summed E-state index contributed by atoms with van der Waals surface area (Å²) < 4.78 is 4.90. The molecular formula is C11H21N3O3. The molecule has 1 fully saturated rings. The molecule has 0 spiro atoms. The molecule has 1 rings (SSSR count). The standard InChI is InChI=1S/C11H21N3O3/c1-17-8-4-7-13-10(15)11(9(12)14-16)5-2-3-6-11/h16H,2-8H2,1H3,(H2,12,14)(H,13,15). The number of nitrogens with one attached hydrogen (secondary N) is 1. The zero-order valence-corrected chi connectivity index (χ0v) is 10.2. The first-order valence-corrected chi connectivity index (χ1v) is 5.92. The van der Waals surface area contributed by atoms with Gasteiger partial charge in [0.2, 0.25) is 5.91 Å². The second kappa shape index (κ2) is 6.44. The van der Waals surface area contributed by atoms with E-state index in [4.69, 9.17) is 15.7 Å². The van der Waals surface area contributed by atoms with Crippen molar-refractivity contribution in [2.45, 2.75) is 32.1 Å². The zero-order chi connectivity index (χ0) is 12.7. The fraction of sp³-hybridized carbons (Fsp3) is 0.818. The number of hydrogen-bond acceptors (Lipinski definition) is 4. The number of amidine groups is 1. The van der Waals surface area contributed by atoms with Crippen molar-refractivity contribution in [2.24, 2.45) is 16.3 Å². The highest BCUT2D eigenvalue weighted by Crippen LogP contribution is 2.38. The molecule has 0 heterocycles. The van der Waals surface area contributed by atoms with E-state index >= 15 is 0 Å². The van der Waals surface area contributed by atoms with Crippen molar-refractivity contribution in [3.05, 3.63) is 0 Å². The van der Waals surface area contributed by atoms with Crippen molar-refractivity contribution in [1.82, 2.24) is 5.32 Å². The summed E-state index contributed by atoms with van der Waals surface area (Å²) in [5, 5.41) is 14.6. The number of rotatable bonds is 6. The van der Waals surface area contributed by atoms with Crippen molar-refractivity contribution in [2.75, 3.05) is 20.3 Å². The zero-order valence-electron chi connectivity index (χ0n) is 10.2. The molecule has 0 atom stereocenters. The fourth-order valence-electron chi connectivity index (χ4n) is 2.26. The minimum absolute atomic E-state index is 0.0271. The number of amides is 1. The molecule has 0 aliphatic heterocycles. The van der Waals surface area contributed by atoms with Crippen LogP contribution in [0.2, 0.25) is 0 Å². The van der Waals surface area contributed by atoms with Crippen LogP contribution in [0.3, 0.4) is 0 Å². The van der Waals surface area contributed by atoms with Gasteiger partial charge in [0.1, 0.15) is 5.41 Å². The third-order valence-corrected chi connectivity index (χ3v) is 3.30. The highest BCUT2D eigenvalue weighted by atomic mass is 16.5. The van der Waals surface area contributed by atoms with Crippen molar-refractivity contribution in [1.29, 1.82) is 0 Å². The Kier molecular flexibility index (Phi) is 5.21. The molecule has 0 aromatic heterocycles. The van der Waals surface area contributed by atoms with Gasteiger partial charge in [-0.3, -0.25) is 4.79 Å². The molecule has 1 aliphatic rings. The summed E-state index contributed by atoms with van der Waals surface area (Å²) in [7, 11) is 1.62. The molecule has 1 aliphatic carbocycles. The highest BCUT2D eigenvalue weighted by molar-refractivity contribution is 6.07. The van der Waals surface area contributed by atoms with Crippen molar-refractivity contribution >= 4 is 11.7 Å². The molecule has 6 nitrogen and oxygen atoms in total. The first kappa shape index (κ1) is 13.8. The van der Waals surface area contributed by atoms with E-state index in [1.54, 1.807) is 7.11 Å². The molecule has 6 heteroatoms. The average molecular weight is 243 g/mol. The van der Waals surface area contributed by atoms with Gasteiger partial charge in [0.15, 0.2) is 5.84 Å². The molecule has 98 valence electrons. The lowest BCUT2D eigenvalue weighted by Gasteiger charge is -2.25. The minimum Gasteiger partial charge on any atom is -0.409 e. The molecule has 0 aromatic carbocycles. The van der Waals surface area contributed by atoms with E-state index in [0.717, 1.165) is 19.3 Å². The third kappa shape index (κ3) is 3.09. The van der Waals surface area contributed by atoms with Crippen LogP contribution < -0.4 is 11.1 Å². The molecular weight excluding hydrogens is 222 g/mol. The number of carbonyl (C=O) groups excluding carboxylic acids is 1. The Morgan fingerprint density at radius 2 is 2.18 bits per heavy atom. The van der Waals surface area contributed by atoms with Crippen LogP contribution in [-0.4, -0.2) is 37.2 Å². The van der Waals surface area contributed by atoms with Crippen LogP contribution in [0.1, 0.15) is 32.1 Å². The SMILES string of the molecule is COCCCNC(=O)C1(C(N)=NO)CCCC1. The number of hydrogen-bond donors (Lipinski definition) is 3. The van der Waals surface area contributed by atoms with Crippen LogP contribution >= 0.6 is 0 Å². The Labute approximate surface area is 101 Å². The first-order chi connectivity index (χ1) is 8.17. The summed E-state index contributed by atoms with van der Waals surface area (Å²) in [5.74, 6) is -0.111. The smallest absolute Gasteiger partial charge is 0.233 e. The lowest BCUT2D eigenvalue weighted by molar-refractivity contribution is -0.127. The predicted octanol–water partition coefficient (Wildman–Crippen LogP) is 0.446. The summed E-state index contributed by atoms with van der Waals surface area (Å²) in [6.45, 7) is 1.16. The maximum absolute atomic E-state index is 12.1. The normalized spacial score (nSPS) is 19.2. The second-order valence-electron chi connectivity index (χ2n) is 4.38. The molecule has 0 radical (unpaired) electrons. The Bertz CT molecular complexity index is 286. The Morgan fingerprint density at radius 3 is 2.71 bits per heavy atom. The maximum Gasteiger partial charge on any atom is 0.233 e. The van der Waals surface area contributed by atoms with E-state index in [1.165, 1.54) is 0 Å². The van der Waals surface area contributed by atoms with E-state index < -0.39 is 5.41 Å². The van der Waals surface area contributed by atoms with Gasteiger partial charge in [0, 0.05) is 20.3 Å². The van der Waals surface area contributed by atoms with Gasteiger partial charge in [-0.25, -0.2) is 0 Å². The summed E-state index contributed by atoms with van der Waals surface area (Å²) in [6, 6.07) is 0. The van der Waals surface area contributed by atoms with Crippen LogP contribution in [0.4, 0.5) is 0 Å². The molecule has 0 aromatic rings. The molecule has 1 saturated carbocycles. The Balaban J connectivity index is 2.56. The summed E-state index contributed by atoms with van der Waals surface area (Å²) in [5.41, 5.74) is 4.86. The Hall–Kier alpha value is -1.30. The van der Waals surface area contributed by atoms with Crippen LogP contribution in [-0.2, 0) is 9.53 Å². The number of methoxy groups -OCH3 is 1. The first-order valence-electron chi connectivity index (χ1n) is 5.92. The van der Waals surface area contributed by atoms with Crippen LogP contribution in [0, 0.1) is 5.41 Å². The van der Waals surface area contributed by atoms with Gasteiger partial charge in [0.25, 0.3) is 0 Å². The van der Waals surface area contributed by atoms with Gasteiger partial charge in [0.05, 0.1) is 0 Å². The lowest BCUT2D eigenvalue weighted by Crippen LogP contribution is -2.48. The van der Waals surface area contributed by atoms with Crippen LogP contribution in [0.5, 0.6) is 0 Å². The van der Waals surface area contributed by atoms with E-state index in [9.17, 15) is 4.79 Å². The second-order valence-corrected chi connectivity index (χ2v) is 4.38. The number of ether oxygens (including phenoxy) is 1.